The minimum absolute atomic E-state index is 0.193. The Morgan fingerprint density at radius 3 is 1.38 bits per heavy atom. The van der Waals surface area contributed by atoms with Gasteiger partial charge in [-0.1, -0.05) is 184 Å². The van der Waals surface area contributed by atoms with Crippen molar-refractivity contribution in [3.05, 3.63) is 193 Å². The molecule has 0 aliphatic heterocycles. The third kappa shape index (κ3) is 4.30. The minimum atomic E-state index is -0.193. The van der Waals surface area contributed by atoms with Gasteiger partial charge in [-0.15, -0.1) is 0 Å². The Balaban J connectivity index is 1.15. The van der Waals surface area contributed by atoms with Crippen LogP contribution in [0.5, 0.6) is 0 Å². The maximum absolute atomic E-state index is 2.44. The second kappa shape index (κ2) is 11.2. The molecule has 0 unspecified atom stereocenters. The Labute approximate surface area is 309 Å². The van der Waals surface area contributed by atoms with Crippen molar-refractivity contribution >= 4 is 53.9 Å². The van der Waals surface area contributed by atoms with E-state index in [9.17, 15) is 0 Å². The van der Waals surface area contributed by atoms with Crippen LogP contribution in [0.15, 0.2) is 182 Å². The van der Waals surface area contributed by atoms with Gasteiger partial charge >= 0.3 is 0 Å². The van der Waals surface area contributed by atoms with Gasteiger partial charge in [0, 0.05) is 5.41 Å². The van der Waals surface area contributed by atoms with Gasteiger partial charge in [-0.2, -0.15) is 0 Å². The van der Waals surface area contributed by atoms with Gasteiger partial charge in [0.2, 0.25) is 0 Å². The van der Waals surface area contributed by atoms with Crippen molar-refractivity contribution in [2.75, 3.05) is 0 Å². The fourth-order valence-corrected chi connectivity index (χ4v) is 9.81. The highest BCUT2D eigenvalue weighted by Crippen LogP contribution is 2.57. The lowest BCUT2D eigenvalue weighted by atomic mass is 9.76. The fourth-order valence-electron chi connectivity index (χ4n) is 9.81. The van der Waals surface area contributed by atoms with Crippen molar-refractivity contribution in [2.24, 2.45) is 0 Å². The Morgan fingerprint density at radius 2 is 0.736 bits per heavy atom. The van der Waals surface area contributed by atoms with Gasteiger partial charge in [-0.3, -0.25) is 0 Å². The Morgan fingerprint density at radius 1 is 0.283 bits per heavy atom. The number of hydrogen-bond acceptors (Lipinski definition) is 0. The molecule has 0 amide bonds. The zero-order valence-corrected chi connectivity index (χ0v) is 29.8. The summed E-state index contributed by atoms with van der Waals surface area (Å²) >= 11 is 0. The Hall–Kier alpha value is -6.50. The van der Waals surface area contributed by atoms with Crippen LogP contribution in [0, 0.1) is 0 Å². The Bertz CT molecular complexity index is 3080. The summed E-state index contributed by atoms with van der Waals surface area (Å²) in [4.78, 5) is 0. The van der Waals surface area contributed by atoms with Gasteiger partial charge in [0.05, 0.1) is 0 Å². The largest absolute Gasteiger partial charge is 0.0616 e. The standard InChI is InChI=1S/C53H36/c1-53(2)51-38(27-14-28-47(51)50-41-21-7-5-19-39(41)40-20-6-12-26-46(40)52(50)53)35-17-13-18-36(32-35)48-42-22-8-10-24-44(42)49(45-25-11-9-23-43(45)48)37-30-29-33-15-3-4-16-34(33)31-37/h3-32H,1-2H3. The molecule has 10 aromatic carbocycles. The molecule has 0 heterocycles. The Kier molecular flexibility index (Phi) is 6.40. The van der Waals surface area contributed by atoms with Crippen molar-refractivity contribution in [2.45, 2.75) is 19.3 Å². The summed E-state index contributed by atoms with van der Waals surface area (Å²) in [6.07, 6.45) is 0. The monoisotopic (exact) mass is 672 g/mol. The minimum Gasteiger partial charge on any atom is -0.0616 e. The van der Waals surface area contributed by atoms with E-state index < -0.39 is 0 Å². The molecule has 0 nitrogen and oxygen atoms in total. The van der Waals surface area contributed by atoms with E-state index in [1.807, 2.05) is 0 Å². The molecule has 10 aromatic rings. The SMILES string of the molecule is CC1(C)c2c(-c3cccc(-c4c5ccccc5c(-c5ccc6ccccc6c5)c5ccccc45)c3)cccc2-c2c1c1ccccc1c1ccccc21. The number of rotatable bonds is 3. The third-order valence-electron chi connectivity index (χ3n) is 11.9. The van der Waals surface area contributed by atoms with Gasteiger partial charge in [-0.05, 0) is 122 Å². The van der Waals surface area contributed by atoms with E-state index in [4.69, 9.17) is 0 Å². The molecular weight excluding hydrogens is 637 g/mol. The van der Waals surface area contributed by atoms with E-state index in [-0.39, 0.29) is 5.41 Å². The lowest BCUT2D eigenvalue weighted by Gasteiger charge is -2.26. The molecule has 1 aliphatic rings. The van der Waals surface area contributed by atoms with Gasteiger partial charge in [0.25, 0.3) is 0 Å². The molecule has 0 N–H and O–H groups in total. The highest BCUT2D eigenvalue weighted by atomic mass is 14.4. The van der Waals surface area contributed by atoms with E-state index >= 15 is 0 Å². The van der Waals surface area contributed by atoms with Crippen LogP contribution in [-0.4, -0.2) is 0 Å². The fraction of sp³-hybridized carbons (Fsp3) is 0.0566. The van der Waals surface area contributed by atoms with Crippen LogP contribution in [-0.2, 0) is 5.41 Å². The molecule has 248 valence electrons. The second-order valence-electron chi connectivity index (χ2n) is 15.2. The first kappa shape index (κ1) is 30.2. The van der Waals surface area contributed by atoms with E-state index in [2.05, 4.69) is 196 Å². The summed E-state index contributed by atoms with van der Waals surface area (Å²) in [5, 5.41) is 13.0. The lowest BCUT2D eigenvalue weighted by molar-refractivity contribution is 0.668. The molecule has 0 heteroatoms. The van der Waals surface area contributed by atoms with Crippen molar-refractivity contribution in [1.82, 2.24) is 0 Å². The average molecular weight is 673 g/mol. The maximum atomic E-state index is 2.44. The molecule has 0 fully saturated rings. The van der Waals surface area contributed by atoms with Crippen molar-refractivity contribution in [3.8, 4) is 44.5 Å². The van der Waals surface area contributed by atoms with Crippen LogP contribution < -0.4 is 0 Å². The highest BCUT2D eigenvalue weighted by molar-refractivity contribution is 6.22. The summed E-state index contributed by atoms with van der Waals surface area (Å²) in [5.41, 5.74) is 13.0. The van der Waals surface area contributed by atoms with Crippen LogP contribution in [0.3, 0.4) is 0 Å². The molecule has 0 atom stereocenters. The molecule has 0 radical (unpaired) electrons. The molecule has 0 spiro atoms. The van der Waals surface area contributed by atoms with Crippen molar-refractivity contribution in [1.29, 1.82) is 0 Å². The first-order chi connectivity index (χ1) is 26.1. The van der Waals surface area contributed by atoms with Crippen molar-refractivity contribution in [3.63, 3.8) is 0 Å². The number of fused-ring (bicyclic) bond motifs is 11. The van der Waals surface area contributed by atoms with Crippen molar-refractivity contribution < 1.29 is 0 Å². The van der Waals surface area contributed by atoms with Crippen LogP contribution in [0.1, 0.15) is 25.0 Å². The van der Waals surface area contributed by atoms with Crippen LogP contribution >= 0.6 is 0 Å². The first-order valence-corrected chi connectivity index (χ1v) is 18.7. The summed E-state index contributed by atoms with van der Waals surface area (Å²) in [6, 6.07) is 67.7. The summed E-state index contributed by atoms with van der Waals surface area (Å²) in [5.74, 6) is 0. The highest BCUT2D eigenvalue weighted by Gasteiger charge is 2.40. The molecule has 11 rings (SSSR count). The van der Waals surface area contributed by atoms with E-state index in [0.29, 0.717) is 0 Å². The number of hydrogen-bond donors (Lipinski definition) is 0. The number of benzene rings is 10. The summed E-state index contributed by atoms with van der Waals surface area (Å²) in [6.45, 7) is 4.86. The molecule has 53 heavy (non-hydrogen) atoms. The second-order valence-corrected chi connectivity index (χ2v) is 15.2. The summed E-state index contributed by atoms with van der Waals surface area (Å²) in [7, 11) is 0. The maximum Gasteiger partial charge on any atom is 0.0171 e. The first-order valence-electron chi connectivity index (χ1n) is 18.7. The average Bonchev–Trinajstić information content (AvgIpc) is 3.46. The van der Waals surface area contributed by atoms with E-state index in [1.54, 1.807) is 0 Å². The predicted molar refractivity (Wildman–Crippen MR) is 228 cm³/mol. The molecular formula is C53H36. The molecule has 0 aromatic heterocycles. The van der Waals surface area contributed by atoms with Crippen LogP contribution in [0.25, 0.3) is 98.4 Å². The summed E-state index contributed by atoms with van der Waals surface area (Å²) < 4.78 is 0. The van der Waals surface area contributed by atoms with Gasteiger partial charge in [-0.25, -0.2) is 0 Å². The van der Waals surface area contributed by atoms with E-state index in [0.717, 1.165) is 0 Å². The quantitative estimate of drug-likeness (QED) is 0.129. The molecule has 0 saturated carbocycles. The van der Waals surface area contributed by atoms with E-state index in [1.165, 1.54) is 109 Å². The van der Waals surface area contributed by atoms with Crippen LogP contribution in [0.2, 0.25) is 0 Å². The van der Waals surface area contributed by atoms with Crippen LogP contribution in [0.4, 0.5) is 0 Å². The smallest absolute Gasteiger partial charge is 0.0171 e. The molecule has 1 aliphatic carbocycles. The molecule has 0 bridgehead atoms. The van der Waals surface area contributed by atoms with Gasteiger partial charge < -0.3 is 0 Å². The zero-order valence-electron chi connectivity index (χ0n) is 29.8. The van der Waals surface area contributed by atoms with Gasteiger partial charge in [0.15, 0.2) is 0 Å². The lowest BCUT2D eigenvalue weighted by Crippen LogP contribution is -2.17. The topological polar surface area (TPSA) is 0 Å². The normalized spacial score (nSPS) is 13.2. The predicted octanol–water partition coefficient (Wildman–Crippen LogP) is 14.8. The van der Waals surface area contributed by atoms with Gasteiger partial charge in [0.1, 0.15) is 0 Å². The molecule has 0 saturated heterocycles. The zero-order chi connectivity index (χ0) is 35.3. The third-order valence-corrected chi connectivity index (χ3v) is 11.9.